The van der Waals surface area contributed by atoms with Crippen molar-refractivity contribution in [2.75, 3.05) is 0 Å². The Balaban J connectivity index is 0.943. The highest BCUT2D eigenvalue weighted by Crippen LogP contribution is 2.54. The molecule has 0 radical (unpaired) electrons. The van der Waals surface area contributed by atoms with Crippen LogP contribution < -0.4 is 11.5 Å². The Morgan fingerprint density at radius 1 is 0.708 bits per heavy atom. The zero-order valence-electron chi connectivity index (χ0n) is 28.1. The van der Waals surface area contributed by atoms with E-state index in [1.807, 2.05) is 49.9 Å². The van der Waals surface area contributed by atoms with Crippen molar-refractivity contribution in [3.05, 3.63) is 72.6 Å². The molecule has 2 saturated carbocycles. The summed E-state index contributed by atoms with van der Waals surface area (Å²) in [4.78, 5) is 47.0. The number of H-pyrrole nitrogens is 2. The number of nitrogens with zero attached hydrogens (tertiary/aromatic N) is 4. The standard InChI is InChI=1S/C38H46N8O2/c1-19(2)33(39)37(47)45-29-13-25(29)15-31(45)35-41-17-27(43-35)23-9-5-21(6-10-23)22-7-11-24(12-8-22)28-18-42-36(44-28)32-16-26-14-30(26)46(32)38(48)34(40)20(3)4/h5-12,17-20,25-26,29-34H,13-16,39-40H2,1-4H3,(H,41,43)(H,42,44)/t25-,26+,29-,30?,31-,32+,33+,34+/m1/s1. The fourth-order valence-electron chi connectivity index (χ4n) is 7.93. The molecule has 0 spiro atoms. The molecule has 1 unspecified atom stereocenters. The van der Waals surface area contributed by atoms with Gasteiger partial charge in [-0.25, -0.2) is 9.97 Å². The average molecular weight is 647 g/mol. The number of imidazole rings is 2. The van der Waals surface area contributed by atoms with E-state index < -0.39 is 12.1 Å². The molecular weight excluding hydrogens is 600 g/mol. The zero-order valence-corrected chi connectivity index (χ0v) is 28.1. The maximum absolute atomic E-state index is 13.2. The molecule has 4 heterocycles. The number of nitrogens with one attached hydrogen (secondary N) is 2. The molecule has 4 aliphatic rings. The van der Waals surface area contributed by atoms with Crippen LogP contribution in [0.1, 0.15) is 77.1 Å². The van der Waals surface area contributed by atoms with E-state index in [-0.39, 0.29) is 35.7 Å². The third kappa shape index (κ3) is 5.35. The summed E-state index contributed by atoms with van der Waals surface area (Å²) in [6.45, 7) is 7.99. The van der Waals surface area contributed by atoms with Crippen LogP contribution >= 0.6 is 0 Å². The summed E-state index contributed by atoms with van der Waals surface area (Å²) in [5, 5.41) is 0. The van der Waals surface area contributed by atoms with E-state index >= 15 is 0 Å². The van der Waals surface area contributed by atoms with Crippen molar-refractivity contribution in [1.82, 2.24) is 29.7 Å². The fourth-order valence-corrected chi connectivity index (χ4v) is 7.93. The van der Waals surface area contributed by atoms with Gasteiger partial charge >= 0.3 is 0 Å². The molecule has 10 nitrogen and oxygen atoms in total. The van der Waals surface area contributed by atoms with Crippen molar-refractivity contribution in [3.8, 4) is 33.6 Å². The summed E-state index contributed by atoms with van der Waals surface area (Å²) in [5.41, 5.74) is 18.7. The summed E-state index contributed by atoms with van der Waals surface area (Å²) < 4.78 is 0. The lowest BCUT2D eigenvalue weighted by Gasteiger charge is -2.30. The fraction of sp³-hybridized carbons (Fsp3) is 0.474. The van der Waals surface area contributed by atoms with Crippen molar-refractivity contribution in [2.24, 2.45) is 35.1 Å². The monoisotopic (exact) mass is 646 g/mol. The van der Waals surface area contributed by atoms with E-state index in [9.17, 15) is 9.59 Å². The van der Waals surface area contributed by atoms with Gasteiger partial charge in [-0.05, 0) is 66.0 Å². The lowest BCUT2D eigenvalue weighted by atomic mass is 10.0. The Labute approximate surface area is 281 Å². The zero-order chi connectivity index (χ0) is 33.4. The van der Waals surface area contributed by atoms with E-state index in [4.69, 9.17) is 21.4 Å². The second kappa shape index (κ2) is 11.7. The second-order valence-electron chi connectivity index (χ2n) is 15.2. The number of hydrogen-bond donors (Lipinski definition) is 4. The predicted molar refractivity (Wildman–Crippen MR) is 185 cm³/mol. The Morgan fingerprint density at radius 3 is 1.71 bits per heavy atom. The number of benzene rings is 2. The number of hydrogen-bond acceptors (Lipinski definition) is 6. The third-order valence-electron chi connectivity index (χ3n) is 11.3. The lowest BCUT2D eigenvalue weighted by Crippen LogP contribution is -2.47. The van der Waals surface area contributed by atoms with Gasteiger partial charge in [-0.2, -0.15) is 0 Å². The Hall–Kier alpha value is -4.28. The molecule has 2 aromatic heterocycles. The van der Waals surface area contributed by atoms with Gasteiger partial charge < -0.3 is 31.2 Å². The number of rotatable bonds is 9. The molecule has 2 aromatic carbocycles. The molecule has 10 heteroatoms. The van der Waals surface area contributed by atoms with Gasteiger partial charge in [0.25, 0.3) is 0 Å². The van der Waals surface area contributed by atoms with Gasteiger partial charge in [-0.3, -0.25) is 9.59 Å². The first-order valence-corrected chi connectivity index (χ1v) is 17.6. The minimum absolute atomic E-state index is 0.0385. The largest absolute Gasteiger partial charge is 0.346 e. The number of piperidine rings is 2. The molecule has 48 heavy (non-hydrogen) atoms. The van der Waals surface area contributed by atoms with E-state index in [1.54, 1.807) is 0 Å². The van der Waals surface area contributed by atoms with Gasteiger partial charge in [0.15, 0.2) is 0 Å². The number of carbonyl (C=O) groups excluding carboxylic acids is 2. The molecular formula is C38H46N8O2. The molecule has 2 amide bonds. The highest BCUT2D eigenvalue weighted by atomic mass is 16.2. The van der Waals surface area contributed by atoms with E-state index in [1.165, 1.54) is 0 Å². The second-order valence-corrected chi connectivity index (χ2v) is 15.2. The van der Waals surface area contributed by atoms with E-state index in [0.717, 1.165) is 71.0 Å². The summed E-state index contributed by atoms with van der Waals surface area (Å²) in [6.07, 6.45) is 7.83. The molecule has 8 atom stereocenters. The van der Waals surface area contributed by atoms with Crippen molar-refractivity contribution < 1.29 is 9.59 Å². The third-order valence-corrected chi connectivity index (χ3v) is 11.3. The number of aromatic nitrogens is 4. The first kappa shape index (κ1) is 31.0. The Morgan fingerprint density at radius 2 is 1.19 bits per heavy atom. The normalized spacial score (nSPS) is 26.9. The summed E-state index contributed by atoms with van der Waals surface area (Å²) in [7, 11) is 0. The van der Waals surface area contributed by atoms with Gasteiger partial charge in [0.2, 0.25) is 11.8 Å². The smallest absolute Gasteiger partial charge is 0.240 e. The number of fused-ring (bicyclic) bond motifs is 2. The summed E-state index contributed by atoms with van der Waals surface area (Å²) in [6, 6.07) is 16.4. The van der Waals surface area contributed by atoms with Crippen LogP contribution in [0.5, 0.6) is 0 Å². The van der Waals surface area contributed by atoms with Crippen LogP contribution in [-0.2, 0) is 9.59 Å². The maximum atomic E-state index is 13.2. The predicted octanol–water partition coefficient (Wildman–Crippen LogP) is 5.42. The maximum Gasteiger partial charge on any atom is 0.240 e. The molecule has 0 bridgehead atoms. The number of likely N-dealkylation sites (tertiary alicyclic amines) is 2. The molecule has 250 valence electrons. The van der Waals surface area contributed by atoms with Crippen molar-refractivity contribution in [2.45, 2.75) is 89.6 Å². The molecule has 2 aliphatic heterocycles. The topological polar surface area (TPSA) is 150 Å². The van der Waals surface area contributed by atoms with Gasteiger partial charge in [0.1, 0.15) is 11.6 Å². The molecule has 2 aliphatic carbocycles. The summed E-state index contributed by atoms with van der Waals surface area (Å²) in [5.74, 6) is 3.07. The summed E-state index contributed by atoms with van der Waals surface area (Å²) >= 11 is 0. The highest BCUT2D eigenvalue weighted by molar-refractivity contribution is 5.84. The Kier molecular flexibility index (Phi) is 7.56. The van der Waals surface area contributed by atoms with Crippen LogP contribution in [0.15, 0.2) is 60.9 Å². The van der Waals surface area contributed by atoms with Crippen LogP contribution in [0.2, 0.25) is 0 Å². The van der Waals surface area contributed by atoms with E-state index in [2.05, 4.69) is 58.5 Å². The van der Waals surface area contributed by atoms with Crippen molar-refractivity contribution in [1.29, 1.82) is 0 Å². The molecule has 8 rings (SSSR count). The van der Waals surface area contributed by atoms with Crippen molar-refractivity contribution >= 4 is 11.8 Å². The molecule has 6 N–H and O–H groups in total. The van der Waals surface area contributed by atoms with Gasteiger partial charge in [0.05, 0.1) is 41.8 Å². The van der Waals surface area contributed by atoms with Crippen LogP contribution in [-0.4, -0.2) is 65.7 Å². The van der Waals surface area contributed by atoms with Gasteiger partial charge in [0, 0.05) is 23.8 Å². The van der Waals surface area contributed by atoms with Crippen molar-refractivity contribution in [3.63, 3.8) is 0 Å². The van der Waals surface area contributed by atoms with Crippen LogP contribution in [0.3, 0.4) is 0 Å². The molecule has 4 fully saturated rings. The number of aromatic amines is 2. The number of amides is 2. The average Bonchev–Trinajstić information content (AvgIpc) is 3.69. The first-order chi connectivity index (χ1) is 23.1. The number of nitrogens with two attached hydrogens (primary N) is 2. The van der Waals surface area contributed by atoms with E-state index in [0.29, 0.717) is 23.9 Å². The SMILES string of the molecule is CC(C)[C@H](N)C(=O)N1C2C[C@H]2C[C@H]1c1ncc(-c2ccc(-c3ccc(-c4c[nH]c([C@H]5C[C@H]6C[C@H]6N5C(=O)[C@@H](N)C(C)C)n4)cc3)cc2)[nH]1. The van der Waals surface area contributed by atoms with Gasteiger partial charge in [-0.1, -0.05) is 76.2 Å². The minimum Gasteiger partial charge on any atom is -0.346 e. The molecule has 4 aromatic rings. The van der Waals surface area contributed by atoms with Crippen LogP contribution in [0.25, 0.3) is 33.6 Å². The lowest BCUT2D eigenvalue weighted by molar-refractivity contribution is -0.136. The number of carbonyl (C=O) groups is 2. The minimum atomic E-state index is -0.487. The Bertz CT molecular complexity index is 1690. The van der Waals surface area contributed by atoms with Crippen LogP contribution in [0, 0.1) is 23.7 Å². The molecule has 2 saturated heterocycles. The first-order valence-electron chi connectivity index (χ1n) is 17.6. The van der Waals surface area contributed by atoms with Crippen LogP contribution in [0.4, 0.5) is 0 Å². The highest BCUT2D eigenvalue weighted by Gasteiger charge is 2.57. The van der Waals surface area contributed by atoms with Gasteiger partial charge in [-0.15, -0.1) is 0 Å². The quantitative estimate of drug-likeness (QED) is 0.191.